The summed E-state index contributed by atoms with van der Waals surface area (Å²) in [6.07, 6.45) is 0. The van der Waals surface area contributed by atoms with Crippen LogP contribution in [-0.2, 0) is 15.3 Å². The van der Waals surface area contributed by atoms with Crippen LogP contribution >= 0.6 is 11.8 Å². The molecule has 0 bridgehead atoms. The van der Waals surface area contributed by atoms with Crippen molar-refractivity contribution in [3.05, 3.63) is 35.4 Å². The number of esters is 1. The van der Waals surface area contributed by atoms with E-state index in [0.29, 0.717) is 5.92 Å². The van der Waals surface area contributed by atoms with Gasteiger partial charge in [-0.1, -0.05) is 38.1 Å². The van der Waals surface area contributed by atoms with Gasteiger partial charge < -0.3 is 4.74 Å². The number of carbonyl (C=O) groups is 1. The van der Waals surface area contributed by atoms with E-state index in [2.05, 4.69) is 38.1 Å². The van der Waals surface area contributed by atoms with Gasteiger partial charge in [0.25, 0.3) is 0 Å². The number of thioether (sulfide) groups is 1. The van der Waals surface area contributed by atoms with Crippen LogP contribution in [0.25, 0.3) is 0 Å². The van der Waals surface area contributed by atoms with E-state index < -0.39 is 0 Å². The average Bonchev–Trinajstić information content (AvgIpc) is 2.35. The van der Waals surface area contributed by atoms with Gasteiger partial charge in [-0.25, -0.2) is 0 Å². The fourth-order valence-corrected chi connectivity index (χ4v) is 2.32. The van der Waals surface area contributed by atoms with E-state index in [0.717, 1.165) is 5.75 Å². The Balaban J connectivity index is 2.50. The van der Waals surface area contributed by atoms with Gasteiger partial charge in [-0.2, -0.15) is 0 Å². The molecule has 1 unspecified atom stereocenters. The maximum Gasteiger partial charge on any atom is 0.318 e. The molecule has 0 aliphatic rings. The van der Waals surface area contributed by atoms with Crippen LogP contribution in [0.1, 0.15) is 37.8 Å². The minimum Gasteiger partial charge on any atom is -0.468 e. The zero-order valence-corrected chi connectivity index (χ0v) is 11.7. The molecule has 17 heavy (non-hydrogen) atoms. The molecule has 1 aromatic carbocycles. The Morgan fingerprint density at radius 3 is 2.29 bits per heavy atom. The van der Waals surface area contributed by atoms with Gasteiger partial charge in [0, 0.05) is 5.75 Å². The van der Waals surface area contributed by atoms with Crippen molar-refractivity contribution in [1.82, 2.24) is 0 Å². The second kappa shape index (κ2) is 6.70. The van der Waals surface area contributed by atoms with Crippen molar-refractivity contribution in [3.63, 3.8) is 0 Å². The summed E-state index contributed by atoms with van der Waals surface area (Å²) in [6.45, 7) is 6.24. The van der Waals surface area contributed by atoms with Crippen LogP contribution in [0.15, 0.2) is 24.3 Å². The van der Waals surface area contributed by atoms with Crippen molar-refractivity contribution in [2.75, 3.05) is 7.11 Å². The molecule has 3 heteroatoms. The molecule has 94 valence electrons. The first kappa shape index (κ1) is 14.1. The largest absolute Gasteiger partial charge is 0.468 e. The van der Waals surface area contributed by atoms with Crippen molar-refractivity contribution in [1.29, 1.82) is 0 Å². The van der Waals surface area contributed by atoms with Crippen molar-refractivity contribution in [3.8, 4) is 0 Å². The third-order valence-corrected chi connectivity index (χ3v) is 3.87. The molecule has 0 amide bonds. The Morgan fingerprint density at radius 1 is 1.24 bits per heavy atom. The molecule has 0 aliphatic carbocycles. The van der Waals surface area contributed by atoms with Crippen molar-refractivity contribution in [2.24, 2.45) is 0 Å². The van der Waals surface area contributed by atoms with Gasteiger partial charge in [0.1, 0.15) is 0 Å². The number of hydrogen-bond acceptors (Lipinski definition) is 3. The molecular weight excluding hydrogens is 232 g/mol. The van der Waals surface area contributed by atoms with Gasteiger partial charge in [-0.3, -0.25) is 4.79 Å². The molecule has 2 nitrogen and oxygen atoms in total. The number of benzene rings is 1. The molecule has 0 spiro atoms. The van der Waals surface area contributed by atoms with E-state index in [1.807, 2.05) is 6.92 Å². The number of rotatable bonds is 5. The molecule has 0 radical (unpaired) electrons. The van der Waals surface area contributed by atoms with Gasteiger partial charge in [0.2, 0.25) is 0 Å². The molecule has 1 atom stereocenters. The van der Waals surface area contributed by atoms with Gasteiger partial charge in [0.05, 0.1) is 12.4 Å². The molecular formula is C14H20O2S. The Kier molecular flexibility index (Phi) is 5.56. The third kappa shape index (κ3) is 4.43. The van der Waals surface area contributed by atoms with Crippen molar-refractivity contribution < 1.29 is 9.53 Å². The fourth-order valence-electron chi connectivity index (χ4n) is 1.45. The first-order valence-electron chi connectivity index (χ1n) is 5.83. The van der Waals surface area contributed by atoms with Crippen LogP contribution in [0.3, 0.4) is 0 Å². The van der Waals surface area contributed by atoms with Crippen molar-refractivity contribution >= 4 is 17.7 Å². The summed E-state index contributed by atoms with van der Waals surface area (Å²) in [4.78, 5) is 11.2. The van der Waals surface area contributed by atoms with Crippen molar-refractivity contribution in [2.45, 2.75) is 37.7 Å². The minimum atomic E-state index is -0.159. The minimum absolute atomic E-state index is 0.107. The van der Waals surface area contributed by atoms with E-state index in [4.69, 9.17) is 4.74 Å². The molecule has 0 aromatic heterocycles. The van der Waals surface area contributed by atoms with Gasteiger partial charge >= 0.3 is 5.97 Å². The summed E-state index contributed by atoms with van der Waals surface area (Å²) >= 11 is 1.60. The lowest BCUT2D eigenvalue weighted by Gasteiger charge is -2.10. The van der Waals surface area contributed by atoms with Crippen LogP contribution in [0.4, 0.5) is 0 Å². The topological polar surface area (TPSA) is 26.3 Å². The van der Waals surface area contributed by atoms with Crippen LogP contribution in [-0.4, -0.2) is 18.3 Å². The molecule has 1 rings (SSSR count). The lowest BCUT2D eigenvalue weighted by Crippen LogP contribution is -2.14. The maximum absolute atomic E-state index is 11.2. The normalized spacial score (nSPS) is 12.5. The van der Waals surface area contributed by atoms with E-state index in [-0.39, 0.29) is 11.2 Å². The lowest BCUT2D eigenvalue weighted by atomic mass is 10.0. The molecule has 0 N–H and O–H groups in total. The highest BCUT2D eigenvalue weighted by Gasteiger charge is 2.13. The standard InChI is InChI=1S/C14H20O2S/c1-10(2)13-7-5-12(6-8-13)9-17-11(3)14(15)16-4/h5-8,10-11H,9H2,1-4H3. The highest BCUT2D eigenvalue weighted by atomic mass is 32.2. The van der Waals surface area contributed by atoms with Gasteiger partial charge in [-0.15, -0.1) is 11.8 Å². The highest BCUT2D eigenvalue weighted by Crippen LogP contribution is 2.21. The highest BCUT2D eigenvalue weighted by molar-refractivity contribution is 7.99. The number of hydrogen-bond donors (Lipinski definition) is 0. The first-order chi connectivity index (χ1) is 8.04. The predicted octanol–water partition coefficient (Wildman–Crippen LogP) is 3.60. The SMILES string of the molecule is COC(=O)C(C)SCc1ccc(C(C)C)cc1. The number of ether oxygens (including phenoxy) is 1. The quantitative estimate of drug-likeness (QED) is 0.749. The summed E-state index contributed by atoms with van der Waals surface area (Å²) in [5.41, 5.74) is 2.59. The average molecular weight is 252 g/mol. The Morgan fingerprint density at radius 2 is 1.82 bits per heavy atom. The molecule has 0 heterocycles. The fraction of sp³-hybridized carbons (Fsp3) is 0.500. The summed E-state index contributed by atoms with van der Waals surface area (Å²) in [7, 11) is 1.43. The molecule has 0 saturated heterocycles. The maximum atomic E-state index is 11.2. The van der Waals surface area contributed by atoms with Crippen LogP contribution in [0, 0.1) is 0 Å². The Labute approximate surface area is 108 Å². The smallest absolute Gasteiger partial charge is 0.318 e. The zero-order valence-electron chi connectivity index (χ0n) is 10.9. The second-order valence-electron chi connectivity index (χ2n) is 4.37. The Hall–Kier alpha value is -0.960. The summed E-state index contributed by atoms with van der Waals surface area (Å²) in [5, 5.41) is -0.107. The summed E-state index contributed by atoms with van der Waals surface area (Å²) in [5.74, 6) is 1.24. The van der Waals surface area contributed by atoms with E-state index in [1.165, 1.54) is 18.2 Å². The molecule has 0 fully saturated rings. The number of carbonyl (C=O) groups excluding carboxylic acids is 1. The Bertz CT molecular complexity index is 357. The van der Waals surface area contributed by atoms with Crippen LogP contribution < -0.4 is 0 Å². The predicted molar refractivity (Wildman–Crippen MR) is 73.3 cm³/mol. The first-order valence-corrected chi connectivity index (χ1v) is 6.87. The van der Waals surface area contributed by atoms with Crippen LogP contribution in [0.2, 0.25) is 0 Å². The summed E-state index contributed by atoms with van der Waals surface area (Å²) in [6, 6.07) is 8.57. The molecule has 1 aromatic rings. The molecule has 0 aliphatic heterocycles. The number of methoxy groups -OCH3 is 1. The van der Waals surface area contributed by atoms with Gasteiger partial charge in [0.15, 0.2) is 0 Å². The third-order valence-electron chi connectivity index (χ3n) is 2.68. The van der Waals surface area contributed by atoms with E-state index in [9.17, 15) is 4.79 Å². The second-order valence-corrected chi connectivity index (χ2v) is 5.70. The van der Waals surface area contributed by atoms with E-state index in [1.54, 1.807) is 11.8 Å². The molecule has 0 saturated carbocycles. The van der Waals surface area contributed by atoms with Crippen LogP contribution in [0.5, 0.6) is 0 Å². The van der Waals surface area contributed by atoms with E-state index >= 15 is 0 Å². The van der Waals surface area contributed by atoms with Gasteiger partial charge in [-0.05, 0) is 24.0 Å². The summed E-state index contributed by atoms with van der Waals surface area (Å²) < 4.78 is 4.69. The monoisotopic (exact) mass is 252 g/mol. The zero-order chi connectivity index (χ0) is 12.8. The lowest BCUT2D eigenvalue weighted by molar-refractivity contribution is -0.139.